The molecular formula is C22H24N4O2. The van der Waals surface area contributed by atoms with Crippen LogP contribution in [0.5, 0.6) is 0 Å². The average Bonchev–Trinajstić information content (AvgIpc) is 3.37. The Labute approximate surface area is 163 Å². The molecule has 1 aliphatic rings. The van der Waals surface area contributed by atoms with Gasteiger partial charge in [0.25, 0.3) is 11.5 Å². The Morgan fingerprint density at radius 1 is 1.21 bits per heavy atom. The molecule has 0 spiro atoms. The van der Waals surface area contributed by atoms with Crippen molar-refractivity contribution in [3.8, 4) is 5.69 Å². The molecule has 6 nitrogen and oxygen atoms in total. The van der Waals surface area contributed by atoms with Gasteiger partial charge in [0.1, 0.15) is 5.56 Å². The maximum atomic E-state index is 13.1. The van der Waals surface area contributed by atoms with E-state index in [1.807, 2.05) is 35.9 Å². The van der Waals surface area contributed by atoms with Crippen LogP contribution in [0.2, 0.25) is 0 Å². The molecule has 0 unspecified atom stereocenters. The van der Waals surface area contributed by atoms with E-state index < -0.39 is 0 Å². The van der Waals surface area contributed by atoms with Crippen molar-refractivity contribution in [3.63, 3.8) is 0 Å². The molecule has 1 N–H and O–H groups in total. The van der Waals surface area contributed by atoms with Crippen molar-refractivity contribution in [1.29, 1.82) is 0 Å². The van der Waals surface area contributed by atoms with Crippen LogP contribution in [-0.2, 0) is 19.4 Å². The predicted octanol–water partition coefficient (Wildman–Crippen LogP) is 2.65. The SMILES string of the molecule is Cc1ccn(-c2cccc3c2CCC3)c(=O)c1C(=O)NCCCn1ccnc1. The molecule has 0 fully saturated rings. The van der Waals surface area contributed by atoms with E-state index >= 15 is 0 Å². The number of fused-ring (bicyclic) bond motifs is 1. The van der Waals surface area contributed by atoms with E-state index in [-0.39, 0.29) is 17.0 Å². The Balaban J connectivity index is 1.55. The van der Waals surface area contributed by atoms with E-state index in [2.05, 4.69) is 16.4 Å². The number of carbonyl (C=O) groups excluding carboxylic acids is 1. The Morgan fingerprint density at radius 2 is 2.11 bits per heavy atom. The summed E-state index contributed by atoms with van der Waals surface area (Å²) in [6, 6.07) is 7.92. The van der Waals surface area contributed by atoms with E-state index in [9.17, 15) is 9.59 Å². The summed E-state index contributed by atoms with van der Waals surface area (Å²) in [6.45, 7) is 3.08. The first-order valence-corrected chi connectivity index (χ1v) is 9.72. The molecule has 0 saturated carbocycles. The highest BCUT2D eigenvalue weighted by atomic mass is 16.2. The van der Waals surface area contributed by atoms with Gasteiger partial charge in [0.2, 0.25) is 0 Å². The fourth-order valence-corrected chi connectivity index (χ4v) is 3.89. The van der Waals surface area contributed by atoms with Crippen LogP contribution < -0.4 is 10.9 Å². The van der Waals surface area contributed by atoms with Crippen LogP contribution in [0.25, 0.3) is 5.69 Å². The second-order valence-electron chi connectivity index (χ2n) is 7.23. The van der Waals surface area contributed by atoms with Gasteiger partial charge in [-0.2, -0.15) is 0 Å². The van der Waals surface area contributed by atoms with E-state index in [0.29, 0.717) is 12.1 Å². The van der Waals surface area contributed by atoms with Gasteiger partial charge in [-0.05, 0) is 61.4 Å². The van der Waals surface area contributed by atoms with Crippen LogP contribution in [0.1, 0.15) is 39.9 Å². The average molecular weight is 376 g/mol. The molecule has 1 aliphatic carbocycles. The van der Waals surface area contributed by atoms with E-state index in [1.54, 1.807) is 23.3 Å². The van der Waals surface area contributed by atoms with Crippen molar-refractivity contribution in [2.45, 2.75) is 39.2 Å². The number of pyridine rings is 1. The number of aryl methyl sites for hydroxylation is 3. The minimum absolute atomic E-state index is 0.223. The van der Waals surface area contributed by atoms with Crippen LogP contribution in [0, 0.1) is 6.92 Å². The molecule has 0 radical (unpaired) electrons. The van der Waals surface area contributed by atoms with E-state index in [4.69, 9.17) is 0 Å². The number of benzene rings is 1. The van der Waals surface area contributed by atoms with Gasteiger partial charge < -0.3 is 9.88 Å². The largest absolute Gasteiger partial charge is 0.352 e. The lowest BCUT2D eigenvalue weighted by molar-refractivity contribution is 0.0950. The van der Waals surface area contributed by atoms with Gasteiger partial charge in [-0.3, -0.25) is 14.2 Å². The van der Waals surface area contributed by atoms with Gasteiger partial charge in [-0.25, -0.2) is 4.98 Å². The second kappa shape index (κ2) is 7.84. The van der Waals surface area contributed by atoms with Crippen LogP contribution in [0.4, 0.5) is 0 Å². The fourth-order valence-electron chi connectivity index (χ4n) is 3.89. The van der Waals surface area contributed by atoms with Gasteiger partial charge >= 0.3 is 0 Å². The van der Waals surface area contributed by atoms with Crippen molar-refractivity contribution in [3.05, 3.63) is 81.8 Å². The maximum absolute atomic E-state index is 13.1. The maximum Gasteiger partial charge on any atom is 0.268 e. The molecule has 1 amide bonds. The van der Waals surface area contributed by atoms with Gasteiger partial charge in [0.15, 0.2) is 0 Å². The zero-order valence-corrected chi connectivity index (χ0v) is 16.0. The monoisotopic (exact) mass is 376 g/mol. The topological polar surface area (TPSA) is 68.9 Å². The third-order valence-electron chi connectivity index (χ3n) is 5.35. The summed E-state index contributed by atoms with van der Waals surface area (Å²) in [5.74, 6) is -0.310. The number of nitrogens with one attached hydrogen (secondary N) is 1. The number of hydrogen-bond acceptors (Lipinski definition) is 3. The second-order valence-corrected chi connectivity index (χ2v) is 7.23. The molecule has 6 heteroatoms. The van der Waals surface area contributed by atoms with Crippen molar-refractivity contribution >= 4 is 5.91 Å². The van der Waals surface area contributed by atoms with Crippen LogP contribution >= 0.6 is 0 Å². The molecule has 1 aromatic carbocycles. The zero-order chi connectivity index (χ0) is 19.5. The summed E-state index contributed by atoms with van der Waals surface area (Å²) in [5, 5.41) is 2.89. The van der Waals surface area contributed by atoms with Gasteiger partial charge in [-0.1, -0.05) is 12.1 Å². The summed E-state index contributed by atoms with van der Waals surface area (Å²) >= 11 is 0. The molecule has 144 valence electrons. The summed E-state index contributed by atoms with van der Waals surface area (Å²) in [7, 11) is 0. The zero-order valence-electron chi connectivity index (χ0n) is 16.0. The minimum Gasteiger partial charge on any atom is -0.352 e. The Kier molecular flexibility index (Phi) is 5.10. The Bertz CT molecular complexity index is 1050. The lowest BCUT2D eigenvalue weighted by atomic mass is 10.1. The first-order chi connectivity index (χ1) is 13.6. The lowest BCUT2D eigenvalue weighted by Crippen LogP contribution is -2.34. The summed E-state index contributed by atoms with van der Waals surface area (Å²) in [4.78, 5) is 29.9. The highest BCUT2D eigenvalue weighted by Crippen LogP contribution is 2.27. The molecule has 0 atom stereocenters. The summed E-state index contributed by atoms with van der Waals surface area (Å²) < 4.78 is 3.58. The molecule has 0 saturated heterocycles. The number of imidazole rings is 1. The number of carbonyl (C=O) groups is 1. The first-order valence-electron chi connectivity index (χ1n) is 9.72. The highest BCUT2D eigenvalue weighted by Gasteiger charge is 2.20. The standard InChI is InChI=1S/C22H24N4O2/c1-16-9-13-26(19-8-3-6-17-5-2-7-18(17)19)22(28)20(16)21(27)24-10-4-12-25-14-11-23-15-25/h3,6,8-9,11,13-15H,2,4-5,7,10,12H2,1H3,(H,24,27). The third kappa shape index (κ3) is 3.50. The van der Waals surface area contributed by atoms with E-state index in [0.717, 1.165) is 37.9 Å². The van der Waals surface area contributed by atoms with Gasteiger partial charge in [0, 0.05) is 31.7 Å². The van der Waals surface area contributed by atoms with Crippen molar-refractivity contribution < 1.29 is 4.79 Å². The van der Waals surface area contributed by atoms with Crippen molar-refractivity contribution in [1.82, 2.24) is 19.4 Å². The number of aromatic nitrogens is 3. The summed E-state index contributed by atoms with van der Waals surface area (Å²) in [6.07, 6.45) is 11.1. The van der Waals surface area contributed by atoms with E-state index in [1.165, 1.54) is 11.1 Å². The van der Waals surface area contributed by atoms with Crippen molar-refractivity contribution in [2.75, 3.05) is 6.54 Å². The molecule has 4 rings (SSSR count). The van der Waals surface area contributed by atoms with Gasteiger partial charge in [0.05, 0.1) is 12.0 Å². The van der Waals surface area contributed by atoms with Crippen LogP contribution in [0.3, 0.4) is 0 Å². The fraction of sp³-hybridized carbons (Fsp3) is 0.318. The molecular weight excluding hydrogens is 352 g/mol. The molecule has 3 aromatic rings. The molecule has 28 heavy (non-hydrogen) atoms. The Hall–Kier alpha value is -3.15. The normalized spacial score (nSPS) is 12.8. The lowest BCUT2D eigenvalue weighted by Gasteiger charge is -2.14. The Morgan fingerprint density at radius 3 is 2.93 bits per heavy atom. The molecule has 2 aromatic heterocycles. The van der Waals surface area contributed by atoms with Crippen LogP contribution in [0.15, 0.2) is 54.0 Å². The number of hydrogen-bond donors (Lipinski definition) is 1. The first kappa shape index (κ1) is 18.2. The predicted molar refractivity (Wildman–Crippen MR) is 108 cm³/mol. The van der Waals surface area contributed by atoms with Crippen LogP contribution in [-0.4, -0.2) is 26.6 Å². The number of nitrogens with zero attached hydrogens (tertiary/aromatic N) is 3. The highest BCUT2D eigenvalue weighted by molar-refractivity contribution is 5.95. The number of amides is 1. The number of rotatable bonds is 6. The van der Waals surface area contributed by atoms with Gasteiger partial charge in [-0.15, -0.1) is 0 Å². The molecule has 0 aliphatic heterocycles. The third-order valence-corrected chi connectivity index (χ3v) is 5.35. The molecule has 2 heterocycles. The smallest absolute Gasteiger partial charge is 0.268 e. The molecule has 0 bridgehead atoms. The van der Waals surface area contributed by atoms with Crippen molar-refractivity contribution in [2.24, 2.45) is 0 Å². The summed E-state index contributed by atoms with van der Waals surface area (Å²) in [5.41, 5.74) is 4.08. The minimum atomic E-state index is -0.310. The quantitative estimate of drug-likeness (QED) is 0.673.